The quantitative estimate of drug-likeness (QED) is 0.799. The van der Waals surface area contributed by atoms with Crippen molar-refractivity contribution in [2.75, 3.05) is 23.3 Å². The van der Waals surface area contributed by atoms with Crippen LogP contribution in [0.5, 0.6) is 0 Å². The fourth-order valence-corrected chi connectivity index (χ4v) is 2.93. The van der Waals surface area contributed by atoms with Gasteiger partial charge in [-0.1, -0.05) is 31.5 Å². The molecule has 1 aromatic heterocycles. The summed E-state index contributed by atoms with van der Waals surface area (Å²) in [5.41, 5.74) is 4.90. The molecule has 1 heterocycles. The number of aryl methyl sites for hydroxylation is 3. The van der Waals surface area contributed by atoms with Gasteiger partial charge in [-0.25, -0.2) is 4.98 Å². The van der Waals surface area contributed by atoms with Crippen LogP contribution in [0.4, 0.5) is 17.5 Å². The first kappa shape index (κ1) is 17.3. The van der Waals surface area contributed by atoms with Crippen LogP contribution >= 0.6 is 0 Å². The van der Waals surface area contributed by atoms with Crippen molar-refractivity contribution in [3.63, 3.8) is 0 Å². The van der Waals surface area contributed by atoms with Crippen molar-refractivity contribution >= 4 is 17.5 Å². The fraction of sp³-hybridized carbons (Fsp3) is 0.474. The van der Waals surface area contributed by atoms with Crippen LogP contribution in [0.25, 0.3) is 0 Å². The molecule has 2 rings (SSSR count). The Balaban J connectivity index is 2.26. The van der Waals surface area contributed by atoms with Crippen molar-refractivity contribution in [2.24, 2.45) is 0 Å². The monoisotopic (exact) mass is 312 g/mol. The highest BCUT2D eigenvalue weighted by atomic mass is 15.3. The SMILES string of the molecule is CCCN(CCC)c1nccc(Nc2c(C)cc(C)cc2C)n1. The van der Waals surface area contributed by atoms with Crippen molar-refractivity contribution in [1.29, 1.82) is 0 Å². The largest absolute Gasteiger partial charge is 0.341 e. The number of anilines is 3. The predicted molar refractivity (Wildman–Crippen MR) is 98.8 cm³/mol. The van der Waals surface area contributed by atoms with Gasteiger partial charge in [0.05, 0.1) is 0 Å². The third kappa shape index (κ3) is 4.44. The molecule has 0 spiro atoms. The molecule has 0 aliphatic carbocycles. The summed E-state index contributed by atoms with van der Waals surface area (Å²) in [4.78, 5) is 11.4. The van der Waals surface area contributed by atoms with Gasteiger partial charge in [-0.2, -0.15) is 4.98 Å². The second-order valence-electron chi connectivity index (χ2n) is 6.13. The van der Waals surface area contributed by atoms with E-state index in [4.69, 9.17) is 4.98 Å². The maximum Gasteiger partial charge on any atom is 0.227 e. The van der Waals surface area contributed by atoms with Crippen molar-refractivity contribution in [2.45, 2.75) is 47.5 Å². The lowest BCUT2D eigenvalue weighted by Crippen LogP contribution is -2.27. The highest BCUT2D eigenvalue weighted by Crippen LogP contribution is 2.25. The Morgan fingerprint density at radius 2 is 1.61 bits per heavy atom. The molecule has 0 saturated carbocycles. The molecule has 4 heteroatoms. The molecule has 0 aliphatic heterocycles. The average molecular weight is 312 g/mol. The summed E-state index contributed by atoms with van der Waals surface area (Å²) in [7, 11) is 0. The van der Waals surface area contributed by atoms with E-state index in [0.717, 1.165) is 43.4 Å². The number of benzene rings is 1. The normalized spacial score (nSPS) is 10.7. The molecule has 2 aromatic rings. The minimum Gasteiger partial charge on any atom is -0.341 e. The number of nitrogens with one attached hydrogen (secondary N) is 1. The summed E-state index contributed by atoms with van der Waals surface area (Å²) in [5, 5.41) is 3.47. The fourth-order valence-electron chi connectivity index (χ4n) is 2.93. The molecule has 0 saturated heterocycles. The van der Waals surface area contributed by atoms with E-state index < -0.39 is 0 Å². The summed E-state index contributed by atoms with van der Waals surface area (Å²) in [6.45, 7) is 12.7. The van der Waals surface area contributed by atoms with Gasteiger partial charge < -0.3 is 10.2 Å². The highest BCUT2D eigenvalue weighted by molar-refractivity contribution is 5.65. The summed E-state index contributed by atoms with van der Waals surface area (Å²) >= 11 is 0. The standard InChI is InChI=1S/C19H28N4/c1-6-10-23(11-7-2)19-20-9-8-17(22-19)21-18-15(4)12-14(3)13-16(18)5/h8-9,12-13H,6-7,10-11H2,1-5H3,(H,20,21,22). The van der Waals surface area contributed by atoms with Crippen LogP contribution in [0.15, 0.2) is 24.4 Å². The van der Waals surface area contributed by atoms with E-state index in [1.54, 1.807) is 0 Å². The molecular weight excluding hydrogens is 284 g/mol. The van der Waals surface area contributed by atoms with Crippen LogP contribution in [-0.2, 0) is 0 Å². The van der Waals surface area contributed by atoms with E-state index in [9.17, 15) is 0 Å². The number of hydrogen-bond donors (Lipinski definition) is 1. The van der Waals surface area contributed by atoms with E-state index >= 15 is 0 Å². The highest BCUT2D eigenvalue weighted by Gasteiger charge is 2.10. The molecular formula is C19H28N4. The van der Waals surface area contributed by atoms with Gasteiger partial charge >= 0.3 is 0 Å². The third-order valence-corrected chi connectivity index (χ3v) is 3.84. The molecule has 0 atom stereocenters. The molecule has 0 aliphatic rings. The molecule has 124 valence electrons. The van der Waals surface area contributed by atoms with Crippen LogP contribution < -0.4 is 10.2 Å². The molecule has 0 bridgehead atoms. The smallest absolute Gasteiger partial charge is 0.227 e. The predicted octanol–water partition coefficient (Wildman–Crippen LogP) is 4.77. The van der Waals surface area contributed by atoms with Crippen LogP contribution in [-0.4, -0.2) is 23.1 Å². The van der Waals surface area contributed by atoms with Gasteiger partial charge in [0.2, 0.25) is 5.95 Å². The van der Waals surface area contributed by atoms with E-state index in [-0.39, 0.29) is 0 Å². The molecule has 0 unspecified atom stereocenters. The molecule has 1 aromatic carbocycles. The van der Waals surface area contributed by atoms with Gasteiger partial charge in [-0.05, 0) is 50.8 Å². The summed E-state index contributed by atoms with van der Waals surface area (Å²) in [5.74, 6) is 1.66. The number of aromatic nitrogens is 2. The van der Waals surface area contributed by atoms with E-state index in [1.165, 1.54) is 16.7 Å². The maximum absolute atomic E-state index is 4.71. The molecule has 0 fully saturated rings. The topological polar surface area (TPSA) is 41.1 Å². The van der Waals surface area contributed by atoms with Gasteiger partial charge in [0.1, 0.15) is 5.82 Å². The molecule has 0 amide bonds. The van der Waals surface area contributed by atoms with Crippen LogP contribution in [0.2, 0.25) is 0 Å². The number of nitrogens with zero attached hydrogens (tertiary/aromatic N) is 3. The van der Waals surface area contributed by atoms with Crippen molar-refractivity contribution in [3.05, 3.63) is 41.1 Å². The summed E-state index contributed by atoms with van der Waals surface area (Å²) in [6, 6.07) is 6.31. The second-order valence-corrected chi connectivity index (χ2v) is 6.13. The zero-order chi connectivity index (χ0) is 16.8. The maximum atomic E-state index is 4.71. The van der Waals surface area contributed by atoms with Crippen molar-refractivity contribution in [1.82, 2.24) is 9.97 Å². The Hall–Kier alpha value is -2.10. The van der Waals surface area contributed by atoms with Gasteiger partial charge in [-0.15, -0.1) is 0 Å². The Kier molecular flexibility index (Phi) is 5.97. The minimum atomic E-state index is 0.807. The molecule has 4 nitrogen and oxygen atoms in total. The first-order chi connectivity index (χ1) is 11.0. The van der Waals surface area contributed by atoms with Gasteiger partial charge in [0, 0.05) is 25.0 Å². The van der Waals surface area contributed by atoms with E-state index in [0.29, 0.717) is 0 Å². The first-order valence-corrected chi connectivity index (χ1v) is 8.48. The number of rotatable bonds is 7. The Bertz CT molecular complexity index is 623. The molecule has 0 radical (unpaired) electrons. The third-order valence-electron chi connectivity index (χ3n) is 3.84. The molecule has 23 heavy (non-hydrogen) atoms. The second kappa shape index (κ2) is 7.95. The van der Waals surface area contributed by atoms with Gasteiger partial charge in [-0.3, -0.25) is 0 Å². The van der Waals surface area contributed by atoms with Crippen LogP contribution in [0, 0.1) is 20.8 Å². The van der Waals surface area contributed by atoms with Crippen LogP contribution in [0.3, 0.4) is 0 Å². The Labute approximate surface area is 140 Å². The lowest BCUT2D eigenvalue weighted by atomic mass is 10.1. The lowest BCUT2D eigenvalue weighted by molar-refractivity contribution is 0.721. The van der Waals surface area contributed by atoms with Gasteiger partial charge in [0.25, 0.3) is 0 Å². The zero-order valence-electron chi connectivity index (χ0n) is 15.0. The van der Waals surface area contributed by atoms with Crippen molar-refractivity contribution in [3.8, 4) is 0 Å². The Morgan fingerprint density at radius 1 is 1.00 bits per heavy atom. The van der Waals surface area contributed by atoms with E-state index in [1.807, 2.05) is 12.3 Å². The van der Waals surface area contributed by atoms with Crippen LogP contribution in [0.1, 0.15) is 43.4 Å². The Morgan fingerprint density at radius 3 is 2.17 bits per heavy atom. The lowest BCUT2D eigenvalue weighted by Gasteiger charge is -2.22. The summed E-state index contributed by atoms with van der Waals surface area (Å²) in [6.07, 6.45) is 4.02. The molecule has 1 N–H and O–H groups in total. The average Bonchev–Trinajstić information content (AvgIpc) is 2.51. The number of hydrogen-bond acceptors (Lipinski definition) is 4. The minimum absolute atomic E-state index is 0.807. The zero-order valence-corrected chi connectivity index (χ0v) is 15.0. The van der Waals surface area contributed by atoms with Gasteiger partial charge in [0.15, 0.2) is 0 Å². The van der Waals surface area contributed by atoms with E-state index in [2.05, 4.69) is 62.0 Å². The summed E-state index contributed by atoms with van der Waals surface area (Å²) < 4.78 is 0. The van der Waals surface area contributed by atoms with Crippen molar-refractivity contribution < 1.29 is 0 Å². The first-order valence-electron chi connectivity index (χ1n) is 8.48.